The second-order valence-corrected chi connectivity index (χ2v) is 4.26. The summed E-state index contributed by atoms with van der Waals surface area (Å²) in [6.45, 7) is 6.98. The Morgan fingerprint density at radius 2 is 2.29 bits per heavy atom. The van der Waals surface area contributed by atoms with Gasteiger partial charge in [-0.05, 0) is 19.2 Å². The summed E-state index contributed by atoms with van der Waals surface area (Å²) < 4.78 is 0. The van der Waals surface area contributed by atoms with Gasteiger partial charge in [0.1, 0.15) is 0 Å². The number of allylic oxidation sites excluding steroid dienone is 2. The fourth-order valence-electron chi connectivity index (χ4n) is 0.705. The minimum Gasteiger partial charge on any atom is -0.282 e. The predicted molar refractivity (Wildman–Crippen MR) is 72.1 cm³/mol. The molecular formula is C10H16N2S2. The molecule has 0 heterocycles. The summed E-state index contributed by atoms with van der Waals surface area (Å²) in [5.74, 6) is 1.76. The molecule has 0 saturated carbocycles. The SMILES string of the molecule is C=CC[C@@H](S)CSC/N=C\C=C/N=C. The Morgan fingerprint density at radius 1 is 1.50 bits per heavy atom. The van der Waals surface area contributed by atoms with Crippen LogP contribution in [0.3, 0.4) is 0 Å². The average Bonchev–Trinajstić information content (AvgIpc) is 2.17. The minimum absolute atomic E-state index is 0.387. The fourth-order valence-corrected chi connectivity index (χ4v) is 1.88. The molecule has 0 amide bonds. The van der Waals surface area contributed by atoms with Crippen molar-refractivity contribution in [3.05, 3.63) is 24.9 Å². The van der Waals surface area contributed by atoms with Crippen LogP contribution in [0.5, 0.6) is 0 Å². The first-order valence-electron chi connectivity index (χ1n) is 4.28. The Kier molecular flexibility index (Phi) is 10.2. The number of hydrogen-bond donors (Lipinski definition) is 1. The molecule has 2 nitrogen and oxygen atoms in total. The number of rotatable bonds is 8. The fraction of sp³-hybridized carbons (Fsp3) is 0.400. The predicted octanol–water partition coefficient (Wildman–Crippen LogP) is 2.84. The number of thioether (sulfide) groups is 1. The van der Waals surface area contributed by atoms with Crippen LogP contribution in [0.1, 0.15) is 6.42 Å². The molecule has 0 saturated heterocycles. The lowest BCUT2D eigenvalue weighted by molar-refractivity contribution is 1.00. The lowest BCUT2D eigenvalue weighted by Gasteiger charge is -2.04. The van der Waals surface area contributed by atoms with Crippen molar-refractivity contribution in [3.8, 4) is 0 Å². The highest BCUT2D eigenvalue weighted by Crippen LogP contribution is 2.10. The number of thiol groups is 1. The van der Waals surface area contributed by atoms with E-state index >= 15 is 0 Å². The van der Waals surface area contributed by atoms with Crippen molar-refractivity contribution in [1.82, 2.24) is 0 Å². The summed E-state index contributed by atoms with van der Waals surface area (Å²) in [6.07, 6.45) is 7.92. The molecule has 0 fully saturated rings. The van der Waals surface area contributed by atoms with Crippen molar-refractivity contribution in [1.29, 1.82) is 0 Å². The van der Waals surface area contributed by atoms with E-state index in [1.54, 1.807) is 30.3 Å². The smallest absolute Gasteiger partial charge is 0.0844 e. The van der Waals surface area contributed by atoms with Gasteiger partial charge >= 0.3 is 0 Å². The van der Waals surface area contributed by atoms with E-state index < -0.39 is 0 Å². The van der Waals surface area contributed by atoms with E-state index in [4.69, 9.17) is 0 Å². The van der Waals surface area contributed by atoms with Gasteiger partial charge in [-0.1, -0.05) is 6.08 Å². The van der Waals surface area contributed by atoms with E-state index in [-0.39, 0.29) is 0 Å². The standard InChI is InChI=1S/C10H16N2S2/c1-3-5-10(13)8-14-9-12-7-4-6-11-2/h3-4,6-7,10,13H,1-2,5,8-9H2/b6-4-,12-7-/t10-/m1/s1. The van der Waals surface area contributed by atoms with Gasteiger partial charge in [0.15, 0.2) is 0 Å². The van der Waals surface area contributed by atoms with E-state index in [0.717, 1.165) is 18.1 Å². The summed E-state index contributed by atoms with van der Waals surface area (Å²) in [4.78, 5) is 7.70. The summed E-state index contributed by atoms with van der Waals surface area (Å²) in [7, 11) is 0. The van der Waals surface area contributed by atoms with Gasteiger partial charge in [-0.2, -0.15) is 12.6 Å². The molecule has 0 aliphatic carbocycles. The van der Waals surface area contributed by atoms with Crippen LogP contribution in [-0.2, 0) is 0 Å². The second-order valence-electron chi connectivity index (χ2n) is 2.53. The van der Waals surface area contributed by atoms with Crippen LogP contribution < -0.4 is 0 Å². The van der Waals surface area contributed by atoms with Gasteiger partial charge in [0.2, 0.25) is 0 Å². The van der Waals surface area contributed by atoms with Crippen molar-refractivity contribution in [2.45, 2.75) is 11.7 Å². The van der Waals surface area contributed by atoms with E-state index in [0.29, 0.717) is 5.25 Å². The zero-order chi connectivity index (χ0) is 10.6. The molecule has 0 aromatic rings. The Balaban J connectivity index is 3.36. The maximum atomic E-state index is 4.39. The molecule has 0 spiro atoms. The van der Waals surface area contributed by atoms with Crippen molar-refractivity contribution < 1.29 is 0 Å². The van der Waals surface area contributed by atoms with Gasteiger partial charge in [0.05, 0.1) is 5.88 Å². The first kappa shape index (κ1) is 13.5. The third-order valence-electron chi connectivity index (χ3n) is 1.30. The van der Waals surface area contributed by atoms with Gasteiger partial charge in [-0.25, -0.2) is 0 Å². The number of aliphatic imine (C=N–C) groups is 2. The molecule has 0 aliphatic rings. The van der Waals surface area contributed by atoms with Gasteiger partial charge in [-0.3, -0.25) is 9.98 Å². The summed E-state index contributed by atoms with van der Waals surface area (Å²) >= 11 is 6.14. The van der Waals surface area contributed by atoms with Crippen molar-refractivity contribution in [2.75, 3.05) is 11.6 Å². The Hall–Kier alpha value is -0.480. The van der Waals surface area contributed by atoms with E-state index in [1.165, 1.54) is 0 Å². The first-order valence-corrected chi connectivity index (χ1v) is 5.96. The van der Waals surface area contributed by atoms with Crippen LogP contribution in [0.2, 0.25) is 0 Å². The molecule has 0 radical (unpaired) electrons. The molecule has 0 aliphatic heterocycles. The quantitative estimate of drug-likeness (QED) is 0.294. The third kappa shape index (κ3) is 9.61. The number of hydrogen-bond acceptors (Lipinski definition) is 4. The zero-order valence-corrected chi connectivity index (χ0v) is 9.88. The zero-order valence-electron chi connectivity index (χ0n) is 8.17. The molecule has 1 atom stereocenters. The van der Waals surface area contributed by atoms with Gasteiger partial charge in [-0.15, -0.1) is 18.3 Å². The highest BCUT2D eigenvalue weighted by atomic mass is 32.2. The summed E-state index contributed by atoms with van der Waals surface area (Å²) in [5.41, 5.74) is 0. The first-order chi connectivity index (χ1) is 6.81. The lowest BCUT2D eigenvalue weighted by Crippen LogP contribution is -2.00. The second kappa shape index (κ2) is 10.6. The van der Waals surface area contributed by atoms with Gasteiger partial charge in [0.25, 0.3) is 0 Å². The highest BCUT2D eigenvalue weighted by Gasteiger charge is 1.98. The summed E-state index contributed by atoms with van der Waals surface area (Å²) in [5, 5.41) is 0.387. The maximum Gasteiger partial charge on any atom is 0.0844 e. The van der Waals surface area contributed by atoms with Crippen LogP contribution >= 0.6 is 24.4 Å². The molecule has 0 aromatic heterocycles. The van der Waals surface area contributed by atoms with E-state index in [1.807, 2.05) is 6.08 Å². The molecule has 78 valence electrons. The lowest BCUT2D eigenvalue weighted by atomic mass is 10.3. The molecule has 0 bridgehead atoms. The van der Waals surface area contributed by atoms with Crippen LogP contribution in [0, 0.1) is 0 Å². The van der Waals surface area contributed by atoms with Crippen LogP contribution in [0.4, 0.5) is 0 Å². The third-order valence-corrected chi connectivity index (χ3v) is 2.91. The van der Waals surface area contributed by atoms with Crippen molar-refractivity contribution >= 4 is 37.3 Å². The van der Waals surface area contributed by atoms with E-state index in [2.05, 4.69) is 35.9 Å². The molecule has 0 aromatic carbocycles. The van der Waals surface area contributed by atoms with Crippen LogP contribution in [0.15, 0.2) is 34.9 Å². The molecule has 0 N–H and O–H groups in total. The normalized spacial score (nSPS) is 13.5. The number of nitrogens with zero attached hydrogens (tertiary/aromatic N) is 2. The highest BCUT2D eigenvalue weighted by molar-refractivity contribution is 8.00. The van der Waals surface area contributed by atoms with Gasteiger partial charge in [0, 0.05) is 23.4 Å². The van der Waals surface area contributed by atoms with Crippen LogP contribution in [-0.4, -0.2) is 29.8 Å². The van der Waals surface area contributed by atoms with Crippen molar-refractivity contribution in [3.63, 3.8) is 0 Å². The Labute approximate surface area is 95.7 Å². The molecule has 14 heavy (non-hydrogen) atoms. The summed E-state index contributed by atoms with van der Waals surface area (Å²) in [6, 6.07) is 0. The minimum atomic E-state index is 0.387. The Bertz CT molecular complexity index is 212. The van der Waals surface area contributed by atoms with Crippen molar-refractivity contribution in [2.24, 2.45) is 9.98 Å². The van der Waals surface area contributed by atoms with E-state index in [9.17, 15) is 0 Å². The maximum absolute atomic E-state index is 4.39. The largest absolute Gasteiger partial charge is 0.282 e. The monoisotopic (exact) mass is 228 g/mol. The molecule has 0 unspecified atom stereocenters. The average molecular weight is 228 g/mol. The van der Waals surface area contributed by atoms with Gasteiger partial charge < -0.3 is 0 Å². The molecule has 0 rings (SSSR count). The van der Waals surface area contributed by atoms with Crippen LogP contribution in [0.25, 0.3) is 0 Å². The molecule has 4 heteroatoms. The topological polar surface area (TPSA) is 24.7 Å². The Morgan fingerprint density at radius 3 is 2.93 bits per heavy atom. The molecular weight excluding hydrogens is 212 g/mol.